The van der Waals surface area contributed by atoms with E-state index in [1.807, 2.05) is 42.5 Å². The minimum Gasteiger partial charge on any atom is -0.465 e. The van der Waals surface area contributed by atoms with Crippen LogP contribution in [0.15, 0.2) is 72.8 Å². The predicted molar refractivity (Wildman–Crippen MR) is 135 cm³/mol. The molecule has 6 nitrogen and oxygen atoms in total. The number of para-hydroxylation sites is 1. The molecule has 0 unspecified atom stereocenters. The van der Waals surface area contributed by atoms with E-state index in [2.05, 4.69) is 15.5 Å². The summed E-state index contributed by atoms with van der Waals surface area (Å²) in [6, 6.07) is 20.8. The molecule has 7 heteroatoms. The van der Waals surface area contributed by atoms with Crippen molar-refractivity contribution in [3.63, 3.8) is 0 Å². The van der Waals surface area contributed by atoms with Crippen molar-refractivity contribution in [2.45, 2.75) is 25.8 Å². The van der Waals surface area contributed by atoms with E-state index in [0.717, 1.165) is 43.5 Å². The molecule has 1 heterocycles. The molecule has 1 aliphatic heterocycles. The molecule has 1 fully saturated rings. The largest absolute Gasteiger partial charge is 0.465 e. The number of nitrogens with one attached hydrogen (secondary N) is 2. The van der Waals surface area contributed by atoms with Crippen molar-refractivity contribution in [2.75, 3.05) is 30.8 Å². The van der Waals surface area contributed by atoms with Crippen LogP contribution in [-0.2, 0) is 17.7 Å². The van der Waals surface area contributed by atoms with Gasteiger partial charge in [0.15, 0.2) is 0 Å². The van der Waals surface area contributed by atoms with Gasteiger partial charge in [-0.25, -0.2) is 14.0 Å². The molecule has 0 aromatic heterocycles. The van der Waals surface area contributed by atoms with Gasteiger partial charge in [0.2, 0.25) is 0 Å². The summed E-state index contributed by atoms with van der Waals surface area (Å²) in [6.07, 6.45) is 3.01. The molecule has 1 saturated heterocycles. The fourth-order valence-corrected chi connectivity index (χ4v) is 4.44. The number of methoxy groups -OCH3 is 1. The average molecular weight is 476 g/mol. The summed E-state index contributed by atoms with van der Waals surface area (Å²) >= 11 is 0. The highest BCUT2D eigenvalue weighted by molar-refractivity contribution is 6.00. The number of urea groups is 1. The lowest BCUT2D eigenvalue weighted by Crippen LogP contribution is -2.34. The number of rotatable bonds is 7. The van der Waals surface area contributed by atoms with Crippen molar-refractivity contribution in [1.29, 1.82) is 0 Å². The number of halogens is 1. The summed E-state index contributed by atoms with van der Waals surface area (Å²) < 4.78 is 18.1. The number of nitrogens with zero attached hydrogens (tertiary/aromatic N) is 1. The highest BCUT2D eigenvalue weighted by atomic mass is 19.1. The van der Waals surface area contributed by atoms with Crippen molar-refractivity contribution in [1.82, 2.24) is 4.90 Å². The molecule has 0 spiro atoms. The van der Waals surface area contributed by atoms with Gasteiger partial charge in [0.25, 0.3) is 0 Å². The molecule has 0 saturated carbocycles. The zero-order valence-electron chi connectivity index (χ0n) is 19.8. The molecule has 3 aromatic carbocycles. The van der Waals surface area contributed by atoms with Crippen LogP contribution in [0.25, 0.3) is 0 Å². The van der Waals surface area contributed by atoms with Gasteiger partial charge in [0.05, 0.1) is 12.7 Å². The molecular weight excluding hydrogens is 445 g/mol. The van der Waals surface area contributed by atoms with E-state index < -0.39 is 5.97 Å². The number of piperidine rings is 1. The molecule has 1 aliphatic rings. The average Bonchev–Trinajstić information content (AvgIpc) is 2.87. The number of benzene rings is 3. The monoisotopic (exact) mass is 475 g/mol. The predicted octanol–water partition coefficient (Wildman–Crippen LogP) is 5.71. The lowest BCUT2D eigenvalue weighted by Gasteiger charge is -2.32. The molecule has 4 rings (SSSR count). The van der Waals surface area contributed by atoms with Gasteiger partial charge in [-0.05, 0) is 91.9 Å². The first-order chi connectivity index (χ1) is 17.0. The van der Waals surface area contributed by atoms with Crippen molar-refractivity contribution in [3.8, 4) is 0 Å². The van der Waals surface area contributed by atoms with Crippen LogP contribution < -0.4 is 10.6 Å². The van der Waals surface area contributed by atoms with E-state index in [1.165, 1.54) is 19.2 Å². The van der Waals surface area contributed by atoms with Gasteiger partial charge in [-0.2, -0.15) is 0 Å². The Morgan fingerprint density at radius 2 is 1.69 bits per heavy atom. The first-order valence-electron chi connectivity index (χ1n) is 11.8. The van der Waals surface area contributed by atoms with E-state index in [1.54, 1.807) is 18.2 Å². The maximum Gasteiger partial charge on any atom is 0.337 e. The second-order valence-electron chi connectivity index (χ2n) is 8.86. The smallest absolute Gasteiger partial charge is 0.337 e. The number of hydrogen-bond acceptors (Lipinski definition) is 4. The van der Waals surface area contributed by atoms with Gasteiger partial charge in [0, 0.05) is 17.9 Å². The summed E-state index contributed by atoms with van der Waals surface area (Å²) in [5, 5.41) is 5.74. The van der Waals surface area contributed by atoms with E-state index in [-0.39, 0.29) is 11.8 Å². The van der Waals surface area contributed by atoms with E-state index in [9.17, 15) is 14.0 Å². The number of amides is 2. The number of carbonyl (C=O) groups is 2. The van der Waals surface area contributed by atoms with Crippen LogP contribution in [0, 0.1) is 11.7 Å². The Morgan fingerprint density at radius 3 is 2.37 bits per heavy atom. The third-order valence-electron chi connectivity index (χ3n) is 6.34. The molecule has 182 valence electrons. The Morgan fingerprint density at radius 1 is 0.971 bits per heavy atom. The Labute approximate surface area is 205 Å². The first kappa shape index (κ1) is 24.4. The van der Waals surface area contributed by atoms with Crippen LogP contribution in [0.1, 0.15) is 34.3 Å². The Kier molecular flexibility index (Phi) is 8.11. The van der Waals surface area contributed by atoms with Gasteiger partial charge >= 0.3 is 12.0 Å². The van der Waals surface area contributed by atoms with Crippen LogP contribution in [0.4, 0.5) is 20.6 Å². The second-order valence-corrected chi connectivity index (χ2v) is 8.86. The lowest BCUT2D eigenvalue weighted by molar-refractivity contribution is 0.0600. The minimum atomic E-state index is -0.412. The topological polar surface area (TPSA) is 70.7 Å². The standard InChI is InChI=1S/C28H30FN3O3/c1-35-27(33)22-9-12-26(31-28(34)30-25-5-3-2-4-6-25)23(18-22)19-32-15-13-21(14-16-32)17-20-7-10-24(29)11-8-20/h2-12,18,21H,13-17,19H2,1H3,(H2,30,31,34). The highest BCUT2D eigenvalue weighted by Crippen LogP contribution is 2.26. The van der Waals surface area contributed by atoms with Crippen LogP contribution in [-0.4, -0.2) is 37.1 Å². The quantitative estimate of drug-likeness (QED) is 0.430. The van der Waals surface area contributed by atoms with Gasteiger partial charge in [-0.3, -0.25) is 4.90 Å². The fraction of sp³-hybridized carbons (Fsp3) is 0.286. The van der Waals surface area contributed by atoms with Gasteiger partial charge in [-0.15, -0.1) is 0 Å². The van der Waals surface area contributed by atoms with Gasteiger partial charge < -0.3 is 15.4 Å². The van der Waals surface area contributed by atoms with Crippen molar-refractivity contribution in [2.24, 2.45) is 5.92 Å². The lowest BCUT2D eigenvalue weighted by atomic mass is 9.90. The van der Waals surface area contributed by atoms with Crippen LogP contribution in [0.3, 0.4) is 0 Å². The maximum atomic E-state index is 13.2. The summed E-state index contributed by atoms with van der Waals surface area (Å²) in [5.74, 6) is -0.0727. The second kappa shape index (κ2) is 11.6. The summed E-state index contributed by atoms with van der Waals surface area (Å²) in [7, 11) is 1.35. The maximum absolute atomic E-state index is 13.2. The van der Waals surface area contributed by atoms with E-state index in [4.69, 9.17) is 4.74 Å². The number of hydrogen-bond donors (Lipinski definition) is 2. The van der Waals surface area contributed by atoms with E-state index in [0.29, 0.717) is 29.4 Å². The Bertz CT molecular complexity index is 1140. The van der Waals surface area contributed by atoms with E-state index >= 15 is 0 Å². The first-order valence-corrected chi connectivity index (χ1v) is 11.8. The number of likely N-dealkylation sites (tertiary alicyclic amines) is 1. The normalized spacial score (nSPS) is 14.3. The Hall–Kier alpha value is -3.71. The van der Waals surface area contributed by atoms with Gasteiger partial charge in [-0.1, -0.05) is 30.3 Å². The molecule has 0 atom stereocenters. The molecule has 3 aromatic rings. The number of carbonyl (C=O) groups excluding carboxylic acids is 2. The number of esters is 1. The Balaban J connectivity index is 1.40. The van der Waals surface area contributed by atoms with Crippen LogP contribution in [0.5, 0.6) is 0 Å². The molecule has 2 amide bonds. The van der Waals surface area contributed by atoms with Crippen LogP contribution >= 0.6 is 0 Å². The van der Waals surface area contributed by atoms with Crippen molar-refractivity contribution >= 4 is 23.4 Å². The zero-order valence-corrected chi connectivity index (χ0v) is 19.8. The third-order valence-corrected chi connectivity index (χ3v) is 6.34. The van der Waals surface area contributed by atoms with Crippen molar-refractivity contribution < 1.29 is 18.7 Å². The summed E-state index contributed by atoms with van der Waals surface area (Å²) in [5.41, 5.74) is 3.81. The summed E-state index contributed by atoms with van der Waals surface area (Å²) in [4.78, 5) is 27.0. The number of ether oxygens (including phenoxy) is 1. The molecular formula is C28H30FN3O3. The molecule has 2 N–H and O–H groups in total. The zero-order chi connectivity index (χ0) is 24.6. The molecule has 0 aliphatic carbocycles. The van der Waals surface area contributed by atoms with Crippen LogP contribution in [0.2, 0.25) is 0 Å². The summed E-state index contributed by atoms with van der Waals surface area (Å²) in [6.45, 7) is 2.42. The molecule has 0 radical (unpaired) electrons. The fourth-order valence-electron chi connectivity index (χ4n) is 4.44. The highest BCUT2D eigenvalue weighted by Gasteiger charge is 2.21. The molecule has 0 bridgehead atoms. The van der Waals surface area contributed by atoms with Crippen molar-refractivity contribution in [3.05, 3.63) is 95.3 Å². The van der Waals surface area contributed by atoms with Gasteiger partial charge in [0.1, 0.15) is 5.82 Å². The SMILES string of the molecule is COC(=O)c1ccc(NC(=O)Nc2ccccc2)c(CN2CCC(Cc3ccc(F)cc3)CC2)c1. The number of anilines is 2. The minimum absolute atomic E-state index is 0.209. The molecule has 35 heavy (non-hydrogen) atoms. The third kappa shape index (κ3) is 6.90.